The monoisotopic (exact) mass is 259 g/mol. The van der Waals surface area contributed by atoms with Gasteiger partial charge in [0.2, 0.25) is 0 Å². The van der Waals surface area contributed by atoms with Crippen molar-refractivity contribution in [1.82, 2.24) is 0 Å². The molecule has 0 aliphatic rings. The zero-order valence-electron chi connectivity index (χ0n) is 9.75. The second-order valence-electron chi connectivity index (χ2n) is 3.31. The molecule has 0 atom stereocenters. The highest BCUT2D eigenvalue weighted by Crippen LogP contribution is 2.24. The van der Waals surface area contributed by atoms with Crippen LogP contribution in [0.4, 0.5) is 5.69 Å². The molecule has 1 aromatic rings. The summed E-state index contributed by atoms with van der Waals surface area (Å²) < 4.78 is 5.49. The SMILES string of the molecule is CCOc1ccc(NCCSC)cc1CCl. The van der Waals surface area contributed by atoms with Gasteiger partial charge in [-0.3, -0.25) is 0 Å². The second-order valence-corrected chi connectivity index (χ2v) is 4.56. The first-order chi connectivity index (χ1) is 7.81. The lowest BCUT2D eigenvalue weighted by molar-refractivity contribution is 0.337. The van der Waals surface area contributed by atoms with Crippen LogP contribution in [-0.2, 0) is 5.88 Å². The van der Waals surface area contributed by atoms with Crippen LogP contribution >= 0.6 is 23.4 Å². The number of hydrogen-bond donors (Lipinski definition) is 1. The van der Waals surface area contributed by atoms with Gasteiger partial charge < -0.3 is 10.1 Å². The first-order valence-corrected chi connectivity index (χ1v) is 7.29. The van der Waals surface area contributed by atoms with E-state index >= 15 is 0 Å². The average Bonchev–Trinajstić information content (AvgIpc) is 2.31. The fourth-order valence-electron chi connectivity index (χ4n) is 1.39. The Hall–Kier alpha value is -0.540. The lowest BCUT2D eigenvalue weighted by Crippen LogP contribution is -2.04. The quantitative estimate of drug-likeness (QED) is 0.597. The van der Waals surface area contributed by atoms with Gasteiger partial charge in [-0.05, 0) is 31.4 Å². The Morgan fingerprint density at radius 2 is 2.25 bits per heavy atom. The van der Waals surface area contributed by atoms with Crippen LogP contribution in [0.5, 0.6) is 5.75 Å². The molecule has 0 spiro atoms. The smallest absolute Gasteiger partial charge is 0.123 e. The van der Waals surface area contributed by atoms with Gasteiger partial charge in [-0.2, -0.15) is 11.8 Å². The van der Waals surface area contributed by atoms with Crippen LogP contribution in [0.25, 0.3) is 0 Å². The zero-order chi connectivity index (χ0) is 11.8. The van der Waals surface area contributed by atoms with Crippen molar-refractivity contribution in [2.45, 2.75) is 12.8 Å². The summed E-state index contributed by atoms with van der Waals surface area (Å²) in [4.78, 5) is 0. The number of hydrogen-bond acceptors (Lipinski definition) is 3. The van der Waals surface area contributed by atoms with E-state index in [0.29, 0.717) is 12.5 Å². The predicted octanol–water partition coefficient (Wildman–Crippen LogP) is 3.60. The molecular weight excluding hydrogens is 242 g/mol. The molecule has 0 radical (unpaired) electrons. The molecule has 1 aromatic carbocycles. The summed E-state index contributed by atoms with van der Waals surface area (Å²) in [6.07, 6.45) is 2.10. The standard InChI is InChI=1S/C12H18ClNOS/c1-3-15-12-5-4-11(8-10(12)9-13)14-6-7-16-2/h4-5,8,14H,3,6-7,9H2,1-2H3. The number of alkyl halides is 1. The third-order valence-electron chi connectivity index (χ3n) is 2.14. The Morgan fingerprint density at radius 3 is 2.88 bits per heavy atom. The van der Waals surface area contributed by atoms with E-state index in [9.17, 15) is 0 Å². The molecule has 0 aliphatic carbocycles. The van der Waals surface area contributed by atoms with Gasteiger partial charge in [0.1, 0.15) is 5.75 Å². The molecule has 2 nitrogen and oxygen atoms in total. The summed E-state index contributed by atoms with van der Waals surface area (Å²) in [5.74, 6) is 2.46. The van der Waals surface area contributed by atoms with E-state index in [1.54, 1.807) is 0 Å². The Morgan fingerprint density at radius 1 is 1.44 bits per heavy atom. The summed E-state index contributed by atoms with van der Waals surface area (Å²) in [5.41, 5.74) is 2.14. The Balaban J connectivity index is 2.66. The number of halogens is 1. The van der Waals surface area contributed by atoms with Crippen molar-refractivity contribution in [3.05, 3.63) is 23.8 Å². The maximum absolute atomic E-state index is 5.89. The highest BCUT2D eigenvalue weighted by Gasteiger charge is 2.03. The summed E-state index contributed by atoms with van der Waals surface area (Å²) in [6.45, 7) is 3.61. The topological polar surface area (TPSA) is 21.3 Å². The fourth-order valence-corrected chi connectivity index (χ4v) is 1.90. The number of thioether (sulfide) groups is 1. The van der Waals surface area contributed by atoms with Crippen LogP contribution < -0.4 is 10.1 Å². The van der Waals surface area contributed by atoms with Gasteiger partial charge in [0.05, 0.1) is 12.5 Å². The minimum Gasteiger partial charge on any atom is -0.494 e. The van der Waals surface area contributed by atoms with E-state index in [-0.39, 0.29) is 0 Å². The van der Waals surface area contributed by atoms with Crippen molar-refractivity contribution in [2.75, 3.05) is 30.5 Å². The third kappa shape index (κ3) is 4.14. The minimum atomic E-state index is 0.480. The molecule has 16 heavy (non-hydrogen) atoms. The number of benzene rings is 1. The van der Waals surface area contributed by atoms with Gasteiger partial charge in [0.15, 0.2) is 0 Å². The Bertz CT molecular complexity index is 320. The van der Waals surface area contributed by atoms with Gasteiger partial charge in [-0.25, -0.2) is 0 Å². The predicted molar refractivity (Wildman–Crippen MR) is 74.0 cm³/mol. The van der Waals surface area contributed by atoms with E-state index in [2.05, 4.69) is 17.6 Å². The van der Waals surface area contributed by atoms with E-state index in [1.807, 2.05) is 30.8 Å². The summed E-state index contributed by atoms with van der Waals surface area (Å²) in [7, 11) is 0. The van der Waals surface area contributed by atoms with Gasteiger partial charge in [-0.15, -0.1) is 11.6 Å². The minimum absolute atomic E-state index is 0.480. The Labute approximate surface area is 107 Å². The molecule has 0 aliphatic heterocycles. The third-order valence-corrected chi connectivity index (χ3v) is 3.04. The number of anilines is 1. The summed E-state index contributed by atoms with van der Waals surface area (Å²) >= 11 is 7.72. The van der Waals surface area contributed by atoms with E-state index in [0.717, 1.165) is 29.3 Å². The molecule has 0 amide bonds. The van der Waals surface area contributed by atoms with Crippen molar-refractivity contribution >= 4 is 29.1 Å². The maximum atomic E-state index is 5.89. The molecule has 0 saturated carbocycles. The van der Waals surface area contributed by atoms with Crippen molar-refractivity contribution in [3.63, 3.8) is 0 Å². The zero-order valence-corrected chi connectivity index (χ0v) is 11.3. The van der Waals surface area contributed by atoms with Crippen LogP contribution in [0.15, 0.2) is 18.2 Å². The van der Waals surface area contributed by atoms with Crippen LogP contribution in [-0.4, -0.2) is 25.2 Å². The Kier molecular flexibility index (Phi) is 6.50. The van der Waals surface area contributed by atoms with Crippen molar-refractivity contribution in [1.29, 1.82) is 0 Å². The molecular formula is C12H18ClNOS. The highest BCUT2D eigenvalue weighted by molar-refractivity contribution is 7.98. The van der Waals surface area contributed by atoms with Crippen molar-refractivity contribution < 1.29 is 4.74 Å². The number of rotatable bonds is 7. The van der Waals surface area contributed by atoms with Gasteiger partial charge in [0, 0.05) is 23.5 Å². The fraction of sp³-hybridized carbons (Fsp3) is 0.500. The molecule has 0 bridgehead atoms. The first-order valence-electron chi connectivity index (χ1n) is 5.36. The lowest BCUT2D eigenvalue weighted by Gasteiger charge is -2.11. The van der Waals surface area contributed by atoms with Crippen LogP contribution in [0.2, 0.25) is 0 Å². The second kappa shape index (κ2) is 7.69. The normalized spacial score (nSPS) is 10.2. The van der Waals surface area contributed by atoms with Gasteiger partial charge >= 0.3 is 0 Å². The molecule has 4 heteroatoms. The van der Waals surface area contributed by atoms with Crippen LogP contribution in [0, 0.1) is 0 Å². The molecule has 0 unspecified atom stereocenters. The number of nitrogens with one attached hydrogen (secondary N) is 1. The van der Waals surface area contributed by atoms with Crippen LogP contribution in [0.3, 0.4) is 0 Å². The van der Waals surface area contributed by atoms with Gasteiger partial charge in [0.25, 0.3) is 0 Å². The van der Waals surface area contributed by atoms with Gasteiger partial charge in [-0.1, -0.05) is 0 Å². The first kappa shape index (κ1) is 13.5. The average molecular weight is 260 g/mol. The summed E-state index contributed by atoms with van der Waals surface area (Å²) in [5, 5.41) is 3.35. The maximum Gasteiger partial charge on any atom is 0.123 e. The highest BCUT2D eigenvalue weighted by atomic mass is 35.5. The van der Waals surface area contributed by atoms with E-state index < -0.39 is 0 Å². The lowest BCUT2D eigenvalue weighted by atomic mass is 10.2. The van der Waals surface area contributed by atoms with Crippen LogP contribution in [0.1, 0.15) is 12.5 Å². The molecule has 0 heterocycles. The number of ether oxygens (including phenoxy) is 1. The molecule has 1 rings (SSSR count). The molecule has 1 N–H and O–H groups in total. The van der Waals surface area contributed by atoms with Crippen molar-refractivity contribution in [3.8, 4) is 5.75 Å². The largest absolute Gasteiger partial charge is 0.494 e. The van der Waals surface area contributed by atoms with Crippen molar-refractivity contribution in [2.24, 2.45) is 0 Å². The summed E-state index contributed by atoms with van der Waals surface area (Å²) in [6, 6.07) is 6.06. The molecule has 0 fully saturated rings. The van der Waals surface area contributed by atoms with E-state index in [4.69, 9.17) is 16.3 Å². The molecule has 90 valence electrons. The van der Waals surface area contributed by atoms with E-state index in [1.165, 1.54) is 0 Å². The molecule has 0 aromatic heterocycles. The molecule has 0 saturated heterocycles.